The summed E-state index contributed by atoms with van der Waals surface area (Å²) in [5.74, 6) is 0. The van der Waals surface area contributed by atoms with Gasteiger partial charge in [-0.05, 0) is 38.5 Å². The maximum atomic E-state index is 9.48. The Balaban J connectivity index is 2.90. The molecule has 0 aliphatic heterocycles. The Morgan fingerprint density at radius 2 is 1.73 bits per heavy atom. The molecule has 0 fully saturated rings. The van der Waals surface area contributed by atoms with Crippen LogP contribution in [0.3, 0.4) is 0 Å². The van der Waals surface area contributed by atoms with Gasteiger partial charge >= 0.3 is 0 Å². The quantitative estimate of drug-likeness (QED) is 0.561. The SMILES string of the molecule is CC(C)=C1C=CC(C)(O)C=C1. The lowest BCUT2D eigenvalue weighted by Crippen LogP contribution is -2.18. The monoisotopic (exact) mass is 150 g/mol. The van der Waals surface area contributed by atoms with Crippen LogP contribution < -0.4 is 0 Å². The minimum Gasteiger partial charge on any atom is -0.382 e. The number of allylic oxidation sites excluding steroid dienone is 4. The van der Waals surface area contributed by atoms with E-state index >= 15 is 0 Å². The standard InChI is InChI=1S/C10H14O/c1-8(2)9-4-6-10(3,11)7-5-9/h4-7,11H,1-3H3. The van der Waals surface area contributed by atoms with Crippen LogP contribution in [0.15, 0.2) is 35.5 Å². The van der Waals surface area contributed by atoms with E-state index in [4.69, 9.17) is 0 Å². The molecule has 60 valence electrons. The minimum atomic E-state index is -0.751. The summed E-state index contributed by atoms with van der Waals surface area (Å²) in [6.07, 6.45) is 7.51. The number of hydrogen-bond acceptors (Lipinski definition) is 1. The zero-order valence-corrected chi connectivity index (χ0v) is 7.26. The molecule has 0 atom stereocenters. The van der Waals surface area contributed by atoms with Crippen molar-refractivity contribution in [1.29, 1.82) is 0 Å². The smallest absolute Gasteiger partial charge is 0.0987 e. The maximum Gasteiger partial charge on any atom is 0.0987 e. The van der Waals surface area contributed by atoms with Gasteiger partial charge in [0.25, 0.3) is 0 Å². The van der Waals surface area contributed by atoms with Gasteiger partial charge in [0, 0.05) is 0 Å². The molecular formula is C10H14O. The van der Waals surface area contributed by atoms with Gasteiger partial charge in [-0.2, -0.15) is 0 Å². The zero-order chi connectivity index (χ0) is 8.48. The molecule has 1 heteroatoms. The number of rotatable bonds is 0. The lowest BCUT2D eigenvalue weighted by molar-refractivity contribution is 0.163. The molecule has 0 bridgehead atoms. The molecule has 0 spiro atoms. The van der Waals surface area contributed by atoms with Crippen molar-refractivity contribution in [2.75, 3.05) is 0 Å². The fourth-order valence-electron chi connectivity index (χ4n) is 0.961. The summed E-state index contributed by atoms with van der Waals surface area (Å²) in [5.41, 5.74) is 1.71. The van der Waals surface area contributed by atoms with E-state index in [-0.39, 0.29) is 0 Å². The minimum absolute atomic E-state index is 0.751. The third-order valence-electron chi connectivity index (χ3n) is 1.78. The maximum absolute atomic E-state index is 9.48. The van der Waals surface area contributed by atoms with Gasteiger partial charge in [-0.3, -0.25) is 0 Å². The molecule has 0 aromatic heterocycles. The topological polar surface area (TPSA) is 20.2 Å². The Kier molecular flexibility index (Phi) is 2.01. The van der Waals surface area contributed by atoms with Crippen molar-refractivity contribution in [3.05, 3.63) is 35.5 Å². The van der Waals surface area contributed by atoms with E-state index in [1.807, 2.05) is 12.2 Å². The molecule has 1 nitrogen and oxygen atoms in total. The average Bonchev–Trinajstić information content (AvgIpc) is 1.86. The first-order valence-electron chi connectivity index (χ1n) is 3.79. The van der Waals surface area contributed by atoms with Crippen LogP contribution in [0.2, 0.25) is 0 Å². The largest absolute Gasteiger partial charge is 0.382 e. The molecule has 1 rings (SSSR count). The van der Waals surface area contributed by atoms with Crippen molar-refractivity contribution in [1.82, 2.24) is 0 Å². The molecule has 0 saturated carbocycles. The molecule has 0 unspecified atom stereocenters. The van der Waals surface area contributed by atoms with E-state index in [2.05, 4.69) is 13.8 Å². The molecule has 1 aliphatic rings. The highest BCUT2D eigenvalue weighted by Crippen LogP contribution is 2.19. The molecule has 0 aromatic rings. The molecule has 0 saturated heterocycles. The molecule has 11 heavy (non-hydrogen) atoms. The molecular weight excluding hydrogens is 136 g/mol. The summed E-state index contributed by atoms with van der Waals surface area (Å²) in [6, 6.07) is 0. The van der Waals surface area contributed by atoms with Gasteiger partial charge < -0.3 is 5.11 Å². The van der Waals surface area contributed by atoms with Gasteiger partial charge in [0.15, 0.2) is 0 Å². The Labute approximate surface area is 67.7 Å². The first-order valence-corrected chi connectivity index (χ1v) is 3.79. The predicted molar refractivity (Wildman–Crippen MR) is 47.3 cm³/mol. The predicted octanol–water partition coefficient (Wildman–Crippen LogP) is 2.20. The first kappa shape index (κ1) is 8.28. The molecule has 1 N–H and O–H groups in total. The van der Waals surface area contributed by atoms with E-state index in [9.17, 15) is 5.11 Å². The molecule has 0 aromatic carbocycles. The Morgan fingerprint density at radius 1 is 1.27 bits per heavy atom. The van der Waals surface area contributed by atoms with Crippen LogP contribution >= 0.6 is 0 Å². The summed E-state index contributed by atoms with van der Waals surface area (Å²) < 4.78 is 0. The Hall–Kier alpha value is -0.820. The Morgan fingerprint density at radius 3 is 2.09 bits per heavy atom. The fraction of sp³-hybridized carbons (Fsp3) is 0.400. The van der Waals surface area contributed by atoms with Crippen molar-refractivity contribution in [2.45, 2.75) is 26.4 Å². The van der Waals surface area contributed by atoms with E-state index < -0.39 is 5.60 Å². The van der Waals surface area contributed by atoms with Crippen LogP contribution in [0.5, 0.6) is 0 Å². The summed E-state index contributed by atoms with van der Waals surface area (Å²) >= 11 is 0. The van der Waals surface area contributed by atoms with Gasteiger partial charge in [0.2, 0.25) is 0 Å². The first-order chi connectivity index (χ1) is 5.01. The van der Waals surface area contributed by atoms with Gasteiger partial charge in [0.1, 0.15) is 0 Å². The van der Waals surface area contributed by atoms with Crippen molar-refractivity contribution in [3.8, 4) is 0 Å². The van der Waals surface area contributed by atoms with Crippen molar-refractivity contribution in [2.24, 2.45) is 0 Å². The molecule has 1 aliphatic carbocycles. The third kappa shape index (κ3) is 2.05. The highest BCUT2D eigenvalue weighted by Gasteiger charge is 2.14. The van der Waals surface area contributed by atoms with Crippen molar-refractivity contribution >= 4 is 0 Å². The van der Waals surface area contributed by atoms with Gasteiger partial charge in [-0.15, -0.1) is 0 Å². The average molecular weight is 150 g/mol. The highest BCUT2D eigenvalue weighted by molar-refractivity contribution is 5.41. The zero-order valence-electron chi connectivity index (χ0n) is 7.26. The van der Waals surface area contributed by atoms with E-state index in [0.29, 0.717) is 0 Å². The van der Waals surface area contributed by atoms with Crippen LogP contribution in [0.1, 0.15) is 20.8 Å². The molecule has 0 amide bonds. The van der Waals surface area contributed by atoms with Crippen molar-refractivity contribution in [3.63, 3.8) is 0 Å². The normalized spacial score (nSPS) is 29.3. The lowest BCUT2D eigenvalue weighted by atomic mass is 9.96. The summed E-state index contributed by atoms with van der Waals surface area (Å²) in [6.45, 7) is 5.88. The highest BCUT2D eigenvalue weighted by atomic mass is 16.3. The fourth-order valence-corrected chi connectivity index (χ4v) is 0.961. The van der Waals surface area contributed by atoms with Crippen LogP contribution in [0, 0.1) is 0 Å². The van der Waals surface area contributed by atoms with Gasteiger partial charge in [-0.1, -0.05) is 17.7 Å². The van der Waals surface area contributed by atoms with E-state index in [0.717, 1.165) is 0 Å². The van der Waals surface area contributed by atoms with Gasteiger partial charge in [0.05, 0.1) is 5.60 Å². The number of aliphatic hydroxyl groups is 1. The van der Waals surface area contributed by atoms with Crippen LogP contribution in [-0.2, 0) is 0 Å². The van der Waals surface area contributed by atoms with Crippen LogP contribution in [0.4, 0.5) is 0 Å². The van der Waals surface area contributed by atoms with Crippen LogP contribution in [-0.4, -0.2) is 10.7 Å². The second kappa shape index (κ2) is 2.67. The third-order valence-corrected chi connectivity index (χ3v) is 1.78. The van der Waals surface area contributed by atoms with Crippen LogP contribution in [0.25, 0.3) is 0 Å². The van der Waals surface area contributed by atoms with E-state index in [1.54, 1.807) is 19.1 Å². The summed E-state index contributed by atoms with van der Waals surface area (Å²) in [7, 11) is 0. The van der Waals surface area contributed by atoms with Gasteiger partial charge in [-0.25, -0.2) is 0 Å². The van der Waals surface area contributed by atoms with Crippen molar-refractivity contribution < 1.29 is 5.11 Å². The number of hydrogen-bond donors (Lipinski definition) is 1. The molecule has 0 heterocycles. The molecule has 0 radical (unpaired) electrons. The van der Waals surface area contributed by atoms with E-state index in [1.165, 1.54) is 11.1 Å². The Bertz CT molecular complexity index is 220. The summed E-state index contributed by atoms with van der Waals surface area (Å²) in [4.78, 5) is 0. The second-order valence-electron chi connectivity index (χ2n) is 3.35. The summed E-state index contributed by atoms with van der Waals surface area (Å²) in [5, 5.41) is 9.48. The lowest BCUT2D eigenvalue weighted by Gasteiger charge is -2.17. The second-order valence-corrected chi connectivity index (χ2v) is 3.35.